The maximum atomic E-state index is 5.15. The van der Waals surface area contributed by atoms with Crippen molar-refractivity contribution in [1.29, 1.82) is 0 Å². The van der Waals surface area contributed by atoms with E-state index in [0.717, 1.165) is 0 Å². The van der Waals surface area contributed by atoms with Crippen molar-refractivity contribution < 1.29 is 13.3 Å². The molecule has 0 saturated heterocycles. The van der Waals surface area contributed by atoms with Gasteiger partial charge < -0.3 is 13.3 Å². The van der Waals surface area contributed by atoms with Crippen LogP contribution in [0.25, 0.3) is 0 Å². The fourth-order valence-corrected chi connectivity index (χ4v) is 3.89. The van der Waals surface area contributed by atoms with Crippen molar-refractivity contribution in [3.05, 3.63) is 0 Å². The molecule has 0 aromatic rings. The van der Waals surface area contributed by atoms with Crippen molar-refractivity contribution in [3.8, 4) is 0 Å². The summed E-state index contributed by atoms with van der Waals surface area (Å²) in [5, 5.41) is 0. The minimum atomic E-state index is -2.38. The smallest absolute Gasteiger partial charge is 0.376 e. The highest BCUT2D eigenvalue weighted by atomic mass is 79.9. The first kappa shape index (κ1) is 10.6. The van der Waals surface area contributed by atoms with E-state index in [1.165, 1.54) is 0 Å². The number of alkyl halides is 1. The van der Waals surface area contributed by atoms with E-state index in [9.17, 15) is 0 Å². The molecule has 0 aliphatic carbocycles. The van der Waals surface area contributed by atoms with Crippen molar-refractivity contribution in [2.45, 2.75) is 11.4 Å². The Kier molecular flexibility index (Phi) is 4.71. The topological polar surface area (TPSA) is 27.7 Å². The van der Waals surface area contributed by atoms with E-state index in [0.29, 0.717) is 0 Å². The molecule has 10 heavy (non-hydrogen) atoms. The molecule has 62 valence electrons. The standard InChI is InChI=1S/C5H13BrO3Si/c1-5(6)10(7-2,8-3)9-4/h5H,1-4H3. The third-order valence-corrected chi connectivity index (χ3v) is 5.70. The minimum absolute atomic E-state index is 0.125. The highest BCUT2D eigenvalue weighted by Crippen LogP contribution is 2.17. The molecule has 0 rings (SSSR count). The highest BCUT2D eigenvalue weighted by Gasteiger charge is 2.43. The summed E-state index contributed by atoms with van der Waals surface area (Å²) in [5.41, 5.74) is 0. The second kappa shape index (κ2) is 4.45. The van der Waals surface area contributed by atoms with Crippen LogP contribution < -0.4 is 0 Å². The van der Waals surface area contributed by atoms with Gasteiger partial charge in [-0.1, -0.05) is 15.9 Å². The molecule has 3 nitrogen and oxygen atoms in total. The molecule has 0 amide bonds. The molecule has 0 heterocycles. The second-order valence-electron chi connectivity index (χ2n) is 1.83. The summed E-state index contributed by atoms with van der Waals surface area (Å²) in [5.74, 6) is 0. The summed E-state index contributed by atoms with van der Waals surface area (Å²) >= 11 is 3.37. The molecule has 0 N–H and O–H groups in total. The zero-order valence-electron chi connectivity index (χ0n) is 6.68. The molecule has 0 aromatic heterocycles. The van der Waals surface area contributed by atoms with Gasteiger partial charge in [-0.2, -0.15) is 0 Å². The Bertz CT molecular complexity index is 86.6. The Morgan fingerprint density at radius 2 is 1.40 bits per heavy atom. The van der Waals surface area contributed by atoms with Crippen molar-refractivity contribution in [2.24, 2.45) is 0 Å². The zero-order valence-corrected chi connectivity index (χ0v) is 9.27. The van der Waals surface area contributed by atoms with E-state index in [4.69, 9.17) is 13.3 Å². The fourth-order valence-electron chi connectivity index (χ4n) is 0.737. The predicted octanol–water partition coefficient (Wildman–Crippen LogP) is 1.19. The van der Waals surface area contributed by atoms with Gasteiger partial charge in [-0.3, -0.25) is 0 Å². The van der Waals surface area contributed by atoms with E-state index in [1.54, 1.807) is 21.3 Å². The Balaban J connectivity index is 4.15. The molecule has 1 unspecified atom stereocenters. The molecular formula is C5H13BrO3Si. The lowest BCUT2D eigenvalue weighted by atomic mass is 11.0. The quantitative estimate of drug-likeness (QED) is 0.535. The van der Waals surface area contributed by atoms with Crippen LogP contribution in [0, 0.1) is 0 Å². The maximum absolute atomic E-state index is 5.15. The number of rotatable bonds is 4. The van der Waals surface area contributed by atoms with Crippen LogP contribution in [0.4, 0.5) is 0 Å². The van der Waals surface area contributed by atoms with Crippen LogP contribution in [0.2, 0.25) is 0 Å². The SMILES string of the molecule is CO[Si](OC)(OC)C(C)Br. The zero-order chi connectivity index (χ0) is 8.20. The molecule has 5 heteroatoms. The molecule has 0 bridgehead atoms. The summed E-state index contributed by atoms with van der Waals surface area (Å²) in [4.78, 5) is 0. The Labute approximate surface area is 71.2 Å². The largest absolute Gasteiger partial charge is 0.514 e. The average molecular weight is 229 g/mol. The lowest BCUT2D eigenvalue weighted by molar-refractivity contribution is 0.123. The van der Waals surface area contributed by atoms with Crippen LogP contribution in [0.3, 0.4) is 0 Å². The first-order valence-corrected chi connectivity index (χ1v) is 5.64. The van der Waals surface area contributed by atoms with Gasteiger partial charge in [0.2, 0.25) is 0 Å². The van der Waals surface area contributed by atoms with E-state index >= 15 is 0 Å². The van der Waals surface area contributed by atoms with Crippen LogP contribution in [0.15, 0.2) is 0 Å². The van der Waals surface area contributed by atoms with Gasteiger partial charge in [0.1, 0.15) is 0 Å². The Morgan fingerprint density at radius 3 is 1.40 bits per heavy atom. The number of hydrogen-bond acceptors (Lipinski definition) is 3. The lowest BCUT2D eigenvalue weighted by Gasteiger charge is -2.26. The summed E-state index contributed by atoms with van der Waals surface area (Å²) in [7, 11) is 2.40. The van der Waals surface area contributed by atoms with Gasteiger partial charge in [0.25, 0.3) is 0 Å². The van der Waals surface area contributed by atoms with E-state index in [-0.39, 0.29) is 4.45 Å². The van der Waals surface area contributed by atoms with Crippen molar-refractivity contribution in [3.63, 3.8) is 0 Å². The van der Waals surface area contributed by atoms with Gasteiger partial charge in [0.15, 0.2) is 0 Å². The van der Waals surface area contributed by atoms with Crippen LogP contribution in [0.1, 0.15) is 6.92 Å². The molecule has 1 atom stereocenters. The van der Waals surface area contributed by atoms with Crippen molar-refractivity contribution in [1.82, 2.24) is 0 Å². The van der Waals surface area contributed by atoms with Gasteiger partial charge >= 0.3 is 8.80 Å². The highest BCUT2D eigenvalue weighted by molar-refractivity contribution is 9.10. The van der Waals surface area contributed by atoms with Gasteiger partial charge in [-0.05, 0) is 6.92 Å². The first-order chi connectivity index (χ1) is 4.63. The van der Waals surface area contributed by atoms with Crippen LogP contribution in [-0.2, 0) is 13.3 Å². The minimum Gasteiger partial charge on any atom is -0.376 e. The molecule has 0 aromatic carbocycles. The second-order valence-corrected chi connectivity index (χ2v) is 7.35. The Hall–Kier alpha value is 0.577. The molecule has 0 radical (unpaired) electrons. The van der Waals surface area contributed by atoms with E-state index in [2.05, 4.69) is 15.9 Å². The van der Waals surface area contributed by atoms with E-state index < -0.39 is 8.80 Å². The third-order valence-electron chi connectivity index (χ3n) is 1.34. The van der Waals surface area contributed by atoms with Crippen molar-refractivity contribution in [2.75, 3.05) is 21.3 Å². The van der Waals surface area contributed by atoms with Crippen LogP contribution in [0.5, 0.6) is 0 Å². The first-order valence-electron chi connectivity index (χ1n) is 2.92. The summed E-state index contributed by atoms with van der Waals surface area (Å²) in [6.07, 6.45) is 0. The monoisotopic (exact) mass is 228 g/mol. The molecule has 0 saturated carbocycles. The van der Waals surface area contributed by atoms with Crippen LogP contribution >= 0.6 is 15.9 Å². The van der Waals surface area contributed by atoms with Crippen molar-refractivity contribution >= 4 is 24.7 Å². The number of hydrogen-bond donors (Lipinski definition) is 0. The molecule has 0 aliphatic heterocycles. The molecule has 0 fully saturated rings. The summed E-state index contributed by atoms with van der Waals surface area (Å²) in [6, 6.07) is 0. The molecule has 0 aliphatic rings. The normalized spacial score (nSPS) is 15.3. The maximum Gasteiger partial charge on any atom is 0.514 e. The lowest BCUT2D eigenvalue weighted by Crippen LogP contribution is -2.50. The van der Waals surface area contributed by atoms with Gasteiger partial charge in [-0.25, -0.2) is 0 Å². The van der Waals surface area contributed by atoms with Gasteiger partial charge in [0.05, 0.1) is 4.45 Å². The molecule has 0 spiro atoms. The average Bonchev–Trinajstić information content (AvgIpc) is 1.92. The third kappa shape index (κ3) is 2.03. The fraction of sp³-hybridized carbons (Fsp3) is 1.00. The Morgan fingerprint density at radius 1 is 1.10 bits per heavy atom. The van der Waals surface area contributed by atoms with E-state index in [1.807, 2.05) is 6.92 Å². The summed E-state index contributed by atoms with van der Waals surface area (Å²) in [6.45, 7) is 1.95. The molecular weight excluding hydrogens is 216 g/mol. The van der Waals surface area contributed by atoms with Gasteiger partial charge in [-0.15, -0.1) is 0 Å². The summed E-state index contributed by atoms with van der Waals surface area (Å²) < 4.78 is 15.6. The van der Waals surface area contributed by atoms with Gasteiger partial charge in [0, 0.05) is 21.3 Å². The number of halogens is 1. The predicted molar refractivity (Wildman–Crippen MR) is 45.2 cm³/mol. The van der Waals surface area contributed by atoms with Crippen LogP contribution in [-0.4, -0.2) is 34.6 Å².